The van der Waals surface area contributed by atoms with Gasteiger partial charge in [0.15, 0.2) is 18.9 Å². The minimum absolute atomic E-state index is 0.0114. The Morgan fingerprint density at radius 2 is 1.57 bits per heavy atom. The van der Waals surface area contributed by atoms with Gasteiger partial charge >= 0.3 is 0 Å². The highest BCUT2D eigenvalue weighted by Gasteiger charge is 2.54. The predicted molar refractivity (Wildman–Crippen MR) is 145 cm³/mol. The molecule has 4 fully saturated rings. The number of carbonyl (C=O) groups excluding carboxylic acids is 1. The van der Waals surface area contributed by atoms with Crippen molar-refractivity contribution >= 4 is 5.91 Å². The third-order valence-electron chi connectivity index (χ3n) is 8.68. The molecule has 19 heteroatoms. The highest BCUT2D eigenvalue weighted by molar-refractivity contribution is 5.80. The Kier molecular flexibility index (Phi) is 12.3. The zero-order valence-corrected chi connectivity index (χ0v) is 24.2. The van der Waals surface area contributed by atoms with Crippen LogP contribution >= 0.6 is 0 Å². The zero-order valence-electron chi connectivity index (χ0n) is 24.2. The molecule has 4 rings (SSSR count). The molecule has 3 aliphatic heterocycles. The number of carbonyl (C=O) groups is 1. The quantitative estimate of drug-likeness (QED) is 0.105. The molecule has 3 saturated heterocycles. The van der Waals surface area contributed by atoms with E-state index in [1.807, 2.05) is 0 Å². The summed E-state index contributed by atoms with van der Waals surface area (Å²) in [5, 5.41) is 87.9. The van der Waals surface area contributed by atoms with Crippen LogP contribution in [0, 0.1) is 0 Å². The highest BCUT2D eigenvalue weighted by Crippen LogP contribution is 2.35. The molecular formula is C25H47N5O14. The number of aliphatic hydroxyl groups is 8. The van der Waals surface area contributed by atoms with Gasteiger partial charge in [-0.25, -0.2) is 0 Å². The van der Waals surface area contributed by atoms with Crippen molar-refractivity contribution in [3.8, 4) is 0 Å². The van der Waals surface area contributed by atoms with Crippen LogP contribution in [0.4, 0.5) is 0 Å². The molecule has 16 N–H and O–H groups in total. The van der Waals surface area contributed by atoms with E-state index in [4.69, 9.17) is 40.9 Å². The predicted octanol–water partition coefficient (Wildman–Crippen LogP) is -8.05. The molecule has 0 aromatic heterocycles. The molecular weight excluding hydrogens is 594 g/mol. The van der Waals surface area contributed by atoms with Crippen LogP contribution in [0.2, 0.25) is 0 Å². The molecule has 0 aromatic rings. The maximum atomic E-state index is 12.2. The molecule has 0 radical (unpaired) electrons. The lowest BCUT2D eigenvalue weighted by Gasteiger charge is -2.51. The molecule has 18 atom stereocenters. The molecule has 1 saturated carbocycles. The second kappa shape index (κ2) is 15.1. The number of amides is 1. The van der Waals surface area contributed by atoms with Gasteiger partial charge in [-0.2, -0.15) is 0 Å². The number of aliphatic hydroxyl groups excluding tert-OH is 8. The molecule has 256 valence electrons. The lowest BCUT2D eigenvalue weighted by Crippen LogP contribution is -2.70. The van der Waals surface area contributed by atoms with Crippen molar-refractivity contribution in [3.05, 3.63) is 0 Å². The van der Waals surface area contributed by atoms with Crippen molar-refractivity contribution in [3.63, 3.8) is 0 Å². The fourth-order valence-corrected chi connectivity index (χ4v) is 6.08. The van der Waals surface area contributed by atoms with Gasteiger partial charge in [0.05, 0.1) is 30.8 Å². The highest BCUT2D eigenvalue weighted by atomic mass is 16.8. The van der Waals surface area contributed by atoms with Gasteiger partial charge in [0.2, 0.25) is 5.91 Å². The van der Waals surface area contributed by atoms with Crippen LogP contribution in [0.5, 0.6) is 0 Å². The maximum absolute atomic E-state index is 12.2. The number of nitrogens with two attached hydrogens (primary N) is 3. The lowest BCUT2D eigenvalue weighted by atomic mass is 9.83. The van der Waals surface area contributed by atoms with E-state index in [1.54, 1.807) is 0 Å². The van der Waals surface area contributed by atoms with Gasteiger partial charge in [0, 0.05) is 6.04 Å². The van der Waals surface area contributed by atoms with Crippen LogP contribution in [0.3, 0.4) is 0 Å². The van der Waals surface area contributed by atoms with Crippen molar-refractivity contribution in [1.29, 1.82) is 0 Å². The first-order chi connectivity index (χ1) is 20.8. The van der Waals surface area contributed by atoms with Crippen molar-refractivity contribution < 1.29 is 69.3 Å². The molecule has 0 spiro atoms. The van der Waals surface area contributed by atoms with E-state index >= 15 is 0 Å². The first-order valence-corrected chi connectivity index (χ1v) is 14.7. The van der Waals surface area contributed by atoms with Gasteiger partial charge in [0.1, 0.15) is 61.0 Å². The second-order valence-electron chi connectivity index (χ2n) is 11.7. The van der Waals surface area contributed by atoms with E-state index in [-0.39, 0.29) is 25.8 Å². The van der Waals surface area contributed by atoms with Crippen molar-refractivity contribution in [1.82, 2.24) is 10.6 Å². The summed E-state index contributed by atoms with van der Waals surface area (Å²) >= 11 is 0. The summed E-state index contributed by atoms with van der Waals surface area (Å²) in [5.41, 5.74) is 17.9. The van der Waals surface area contributed by atoms with Gasteiger partial charge < -0.3 is 92.4 Å². The number of ether oxygens (including phenoxy) is 5. The number of hydrogen-bond acceptors (Lipinski definition) is 18. The third kappa shape index (κ3) is 7.34. The van der Waals surface area contributed by atoms with E-state index in [9.17, 15) is 45.6 Å². The molecule has 1 amide bonds. The minimum atomic E-state index is -1.70. The number of fused-ring (bicyclic) bond motifs is 1. The maximum Gasteiger partial charge on any atom is 0.249 e. The smallest absolute Gasteiger partial charge is 0.249 e. The fraction of sp³-hybridized carbons (Fsp3) is 0.960. The molecule has 44 heavy (non-hydrogen) atoms. The Bertz CT molecular complexity index is 940. The van der Waals surface area contributed by atoms with Crippen LogP contribution in [0.15, 0.2) is 0 Å². The summed E-state index contributed by atoms with van der Waals surface area (Å²) in [5.74, 6) is -0.763. The Labute approximate surface area is 253 Å². The SMILES string of the molecule is CNC1C(OC2OC(CO)C(O)C(O)C2O)OC2CC(N)C(OC3C(N)CC(NC(=O)C(O)CCN)C(O)C3O)OC2C1O. The van der Waals surface area contributed by atoms with Crippen molar-refractivity contribution in [2.45, 2.75) is 129 Å². The van der Waals surface area contributed by atoms with E-state index in [2.05, 4.69) is 10.6 Å². The zero-order chi connectivity index (χ0) is 32.5. The first-order valence-electron chi connectivity index (χ1n) is 14.7. The minimum Gasteiger partial charge on any atom is -0.394 e. The molecule has 0 aromatic carbocycles. The van der Waals surface area contributed by atoms with Gasteiger partial charge in [-0.1, -0.05) is 0 Å². The first kappa shape index (κ1) is 35.6. The van der Waals surface area contributed by atoms with Crippen LogP contribution in [-0.2, 0) is 28.5 Å². The Morgan fingerprint density at radius 1 is 0.864 bits per heavy atom. The Morgan fingerprint density at radius 3 is 2.20 bits per heavy atom. The van der Waals surface area contributed by atoms with Gasteiger partial charge in [-0.15, -0.1) is 0 Å². The van der Waals surface area contributed by atoms with Crippen molar-refractivity contribution in [2.75, 3.05) is 20.2 Å². The van der Waals surface area contributed by atoms with Crippen LogP contribution < -0.4 is 27.8 Å². The second-order valence-corrected chi connectivity index (χ2v) is 11.7. The molecule has 4 aliphatic rings. The van der Waals surface area contributed by atoms with E-state index in [0.717, 1.165) is 0 Å². The van der Waals surface area contributed by atoms with Crippen LogP contribution in [0.1, 0.15) is 19.3 Å². The monoisotopic (exact) mass is 641 g/mol. The fourth-order valence-electron chi connectivity index (χ4n) is 6.08. The Balaban J connectivity index is 1.39. The number of likely N-dealkylation sites (N-methyl/N-ethyl adjacent to an activating group) is 1. The van der Waals surface area contributed by atoms with E-state index in [0.29, 0.717) is 0 Å². The van der Waals surface area contributed by atoms with E-state index < -0.39 is 123 Å². The average Bonchev–Trinajstić information content (AvgIpc) is 2.98. The standard InChI is InChI=1S/C25H47N5O14/c1-29-13-16(35)21-11(40-24(13)44-25-19(38)17(36)15(34)12(6-31)41-25)5-8(28)23(43-21)42-20-7(27)4-9(14(33)18(20)37)30-22(39)10(32)2-3-26/h7-21,23-25,29,31-38H,2-6,26-28H2,1H3,(H,30,39). The summed E-state index contributed by atoms with van der Waals surface area (Å²) in [6.45, 7) is -0.586. The largest absolute Gasteiger partial charge is 0.394 e. The summed E-state index contributed by atoms with van der Waals surface area (Å²) in [6, 6.07) is -3.71. The molecule has 1 aliphatic carbocycles. The van der Waals surface area contributed by atoms with Gasteiger partial charge in [0.25, 0.3) is 0 Å². The van der Waals surface area contributed by atoms with Gasteiger partial charge in [-0.3, -0.25) is 4.79 Å². The van der Waals surface area contributed by atoms with Gasteiger partial charge in [-0.05, 0) is 32.9 Å². The summed E-state index contributed by atoms with van der Waals surface area (Å²) in [4.78, 5) is 12.2. The third-order valence-corrected chi connectivity index (χ3v) is 8.68. The molecule has 0 bridgehead atoms. The summed E-state index contributed by atoms with van der Waals surface area (Å²) in [7, 11) is 1.51. The number of hydrogen-bond donors (Lipinski definition) is 13. The summed E-state index contributed by atoms with van der Waals surface area (Å²) in [6.07, 6.45) is -18.9. The molecule has 18 unspecified atom stereocenters. The van der Waals surface area contributed by atoms with Crippen LogP contribution in [-0.4, -0.2) is 177 Å². The number of rotatable bonds is 10. The summed E-state index contributed by atoms with van der Waals surface area (Å²) < 4.78 is 29.1. The Hall–Kier alpha value is -1.21. The normalized spacial score (nSPS) is 48.8. The van der Waals surface area contributed by atoms with E-state index in [1.165, 1.54) is 7.05 Å². The lowest BCUT2D eigenvalue weighted by molar-refractivity contribution is -0.378. The molecule has 3 heterocycles. The topological polar surface area (TPSA) is 327 Å². The average molecular weight is 642 g/mol. The molecule has 19 nitrogen and oxygen atoms in total. The van der Waals surface area contributed by atoms with Crippen LogP contribution in [0.25, 0.3) is 0 Å². The van der Waals surface area contributed by atoms with Crippen molar-refractivity contribution in [2.24, 2.45) is 17.2 Å². The number of nitrogens with one attached hydrogen (secondary N) is 2.